The molecular formula is C14H17N5O4S. The van der Waals surface area contributed by atoms with Crippen molar-refractivity contribution >= 4 is 33.8 Å². The van der Waals surface area contributed by atoms with Crippen molar-refractivity contribution < 1.29 is 14.5 Å². The number of nitrogens with one attached hydrogen (secondary N) is 1. The normalized spacial score (nSPS) is 10.7. The number of nitro groups is 1. The highest BCUT2D eigenvalue weighted by Crippen LogP contribution is 2.32. The molecule has 0 saturated carbocycles. The van der Waals surface area contributed by atoms with Crippen molar-refractivity contribution in [1.82, 2.24) is 9.78 Å². The van der Waals surface area contributed by atoms with Crippen LogP contribution >= 0.6 is 11.3 Å². The monoisotopic (exact) mass is 351 g/mol. The second kappa shape index (κ2) is 6.40. The minimum absolute atomic E-state index is 0.108. The van der Waals surface area contributed by atoms with Crippen LogP contribution in [0.4, 0.5) is 10.7 Å². The lowest BCUT2D eigenvalue weighted by atomic mass is 10.1. The number of hydrogen-bond acceptors (Lipinski definition) is 6. The maximum Gasteiger partial charge on any atom is 0.312 e. The predicted octanol–water partition coefficient (Wildman–Crippen LogP) is 1.82. The quantitative estimate of drug-likeness (QED) is 0.626. The lowest BCUT2D eigenvalue weighted by Gasteiger charge is -2.06. The summed E-state index contributed by atoms with van der Waals surface area (Å²) in [7, 11) is 0. The van der Waals surface area contributed by atoms with Crippen LogP contribution in [-0.4, -0.2) is 26.5 Å². The molecule has 2 aromatic rings. The smallest absolute Gasteiger partial charge is 0.312 e. The largest absolute Gasteiger partial charge is 0.365 e. The van der Waals surface area contributed by atoms with Crippen LogP contribution in [0.3, 0.4) is 0 Å². The molecule has 2 heterocycles. The maximum absolute atomic E-state index is 12.2. The fourth-order valence-electron chi connectivity index (χ4n) is 2.42. The van der Waals surface area contributed by atoms with Gasteiger partial charge in [0.2, 0.25) is 5.91 Å². The first-order valence-electron chi connectivity index (χ1n) is 7.01. The molecule has 0 aliphatic carbocycles. The molecule has 128 valence electrons. The minimum Gasteiger partial charge on any atom is -0.365 e. The van der Waals surface area contributed by atoms with Crippen molar-refractivity contribution in [2.45, 2.75) is 34.2 Å². The number of primary amides is 1. The first-order chi connectivity index (χ1) is 11.1. The first kappa shape index (κ1) is 17.6. The Kier molecular flexibility index (Phi) is 4.69. The zero-order chi connectivity index (χ0) is 18.2. The van der Waals surface area contributed by atoms with E-state index in [1.54, 1.807) is 6.92 Å². The summed E-state index contributed by atoms with van der Waals surface area (Å²) in [5.74, 6) is -1.06. The number of amides is 2. The fourth-order valence-corrected chi connectivity index (χ4v) is 3.50. The van der Waals surface area contributed by atoms with Crippen LogP contribution < -0.4 is 11.1 Å². The second-order valence-corrected chi connectivity index (χ2v) is 6.56. The third kappa shape index (κ3) is 3.13. The maximum atomic E-state index is 12.2. The van der Waals surface area contributed by atoms with Gasteiger partial charge in [-0.15, -0.1) is 11.3 Å². The summed E-state index contributed by atoms with van der Waals surface area (Å²) >= 11 is 1.25. The van der Waals surface area contributed by atoms with E-state index in [4.69, 9.17) is 5.73 Å². The molecule has 10 heteroatoms. The van der Waals surface area contributed by atoms with Gasteiger partial charge in [0, 0.05) is 4.88 Å². The average Bonchev–Trinajstić information content (AvgIpc) is 2.87. The molecule has 0 unspecified atom stereocenters. The van der Waals surface area contributed by atoms with Crippen molar-refractivity contribution in [2.75, 3.05) is 5.32 Å². The van der Waals surface area contributed by atoms with E-state index in [0.29, 0.717) is 10.7 Å². The summed E-state index contributed by atoms with van der Waals surface area (Å²) in [6, 6.07) is 0. The lowest BCUT2D eigenvalue weighted by Crippen LogP contribution is -2.22. The standard InChI is InChI=1S/C14H17N5O4S/c1-6-9(4)24-14(11(6)13(15)21)16-10(20)5-18-8(3)12(19(22)23)7(2)17-18/h5H2,1-4H3,(H2,15,21)(H,16,20). The highest BCUT2D eigenvalue weighted by atomic mass is 32.1. The van der Waals surface area contributed by atoms with Crippen molar-refractivity contribution in [2.24, 2.45) is 5.73 Å². The number of aryl methyl sites for hydroxylation is 2. The summed E-state index contributed by atoms with van der Waals surface area (Å²) in [6.45, 7) is 6.42. The summed E-state index contributed by atoms with van der Waals surface area (Å²) in [5, 5.41) is 18.0. The molecule has 24 heavy (non-hydrogen) atoms. The summed E-state index contributed by atoms with van der Waals surface area (Å²) in [6.07, 6.45) is 0. The van der Waals surface area contributed by atoms with Crippen LogP contribution in [0.15, 0.2) is 0 Å². The van der Waals surface area contributed by atoms with Gasteiger partial charge in [0.25, 0.3) is 5.91 Å². The third-order valence-corrected chi connectivity index (χ3v) is 4.83. The Balaban J connectivity index is 2.24. The van der Waals surface area contributed by atoms with E-state index in [2.05, 4.69) is 10.4 Å². The Morgan fingerprint density at radius 3 is 2.46 bits per heavy atom. The number of nitrogens with zero attached hydrogens (tertiary/aromatic N) is 3. The minimum atomic E-state index is -0.617. The average molecular weight is 351 g/mol. The Morgan fingerprint density at radius 1 is 1.33 bits per heavy atom. The van der Waals surface area contributed by atoms with E-state index in [0.717, 1.165) is 10.4 Å². The number of anilines is 1. The number of aromatic nitrogens is 2. The van der Waals surface area contributed by atoms with Crippen LogP contribution in [-0.2, 0) is 11.3 Å². The Labute approximate surface area is 141 Å². The van der Waals surface area contributed by atoms with E-state index in [1.807, 2.05) is 6.92 Å². The number of nitrogens with two attached hydrogens (primary N) is 1. The van der Waals surface area contributed by atoms with E-state index < -0.39 is 16.7 Å². The summed E-state index contributed by atoms with van der Waals surface area (Å²) in [4.78, 5) is 35.1. The molecule has 0 saturated heterocycles. The van der Waals surface area contributed by atoms with Gasteiger partial charge in [0.05, 0.1) is 10.5 Å². The topological polar surface area (TPSA) is 133 Å². The van der Waals surface area contributed by atoms with Crippen molar-refractivity contribution in [3.63, 3.8) is 0 Å². The SMILES string of the molecule is Cc1nn(CC(=O)Nc2sc(C)c(C)c2C(N)=O)c(C)c1[N+](=O)[O-]. The number of thiophene rings is 1. The highest BCUT2D eigenvalue weighted by Gasteiger charge is 2.24. The van der Waals surface area contributed by atoms with E-state index in [-0.39, 0.29) is 23.5 Å². The van der Waals surface area contributed by atoms with Crippen LogP contribution in [0, 0.1) is 37.8 Å². The van der Waals surface area contributed by atoms with Gasteiger partial charge in [0.1, 0.15) is 22.9 Å². The second-order valence-electron chi connectivity index (χ2n) is 5.33. The summed E-state index contributed by atoms with van der Waals surface area (Å²) in [5.41, 5.74) is 6.80. The molecule has 0 aliphatic rings. The third-order valence-electron chi connectivity index (χ3n) is 3.70. The van der Waals surface area contributed by atoms with Crippen LogP contribution in [0.5, 0.6) is 0 Å². The van der Waals surface area contributed by atoms with Crippen molar-refractivity contribution in [1.29, 1.82) is 0 Å². The summed E-state index contributed by atoms with van der Waals surface area (Å²) < 4.78 is 1.26. The zero-order valence-corrected chi connectivity index (χ0v) is 14.5. The Morgan fingerprint density at radius 2 is 1.96 bits per heavy atom. The number of carbonyl (C=O) groups excluding carboxylic acids is 2. The van der Waals surface area contributed by atoms with Gasteiger partial charge in [-0.05, 0) is 33.3 Å². The number of carbonyl (C=O) groups is 2. The van der Waals surface area contributed by atoms with Crippen LogP contribution in [0.2, 0.25) is 0 Å². The molecule has 0 radical (unpaired) electrons. The van der Waals surface area contributed by atoms with E-state index in [9.17, 15) is 19.7 Å². The molecule has 0 aliphatic heterocycles. The van der Waals surface area contributed by atoms with Crippen LogP contribution in [0.25, 0.3) is 0 Å². The van der Waals surface area contributed by atoms with Gasteiger partial charge >= 0.3 is 5.69 Å². The van der Waals surface area contributed by atoms with Gasteiger partial charge in [-0.1, -0.05) is 0 Å². The van der Waals surface area contributed by atoms with Gasteiger partial charge in [0.15, 0.2) is 0 Å². The van der Waals surface area contributed by atoms with Crippen molar-refractivity contribution in [3.8, 4) is 0 Å². The lowest BCUT2D eigenvalue weighted by molar-refractivity contribution is -0.386. The fraction of sp³-hybridized carbons (Fsp3) is 0.357. The molecule has 0 spiro atoms. The molecule has 0 atom stereocenters. The molecule has 0 fully saturated rings. The zero-order valence-electron chi connectivity index (χ0n) is 13.7. The Bertz CT molecular complexity index is 852. The van der Waals surface area contributed by atoms with Gasteiger partial charge in [-0.25, -0.2) is 0 Å². The predicted molar refractivity (Wildman–Crippen MR) is 89.3 cm³/mol. The molecule has 2 aromatic heterocycles. The first-order valence-corrected chi connectivity index (χ1v) is 7.83. The van der Waals surface area contributed by atoms with Crippen LogP contribution in [0.1, 0.15) is 32.2 Å². The van der Waals surface area contributed by atoms with Gasteiger partial charge in [-0.3, -0.25) is 24.4 Å². The number of hydrogen-bond donors (Lipinski definition) is 2. The molecule has 2 amide bonds. The van der Waals surface area contributed by atoms with Gasteiger partial charge in [-0.2, -0.15) is 5.10 Å². The highest BCUT2D eigenvalue weighted by molar-refractivity contribution is 7.16. The van der Waals surface area contributed by atoms with E-state index in [1.165, 1.54) is 29.9 Å². The molecule has 0 aromatic carbocycles. The van der Waals surface area contributed by atoms with Crippen molar-refractivity contribution in [3.05, 3.63) is 37.5 Å². The molecular weight excluding hydrogens is 334 g/mol. The molecule has 0 bridgehead atoms. The molecule has 9 nitrogen and oxygen atoms in total. The molecule has 3 N–H and O–H groups in total. The van der Waals surface area contributed by atoms with E-state index >= 15 is 0 Å². The number of rotatable bonds is 5. The molecule has 2 rings (SSSR count). The Hall–Kier alpha value is -2.75. The van der Waals surface area contributed by atoms with Gasteiger partial charge < -0.3 is 11.1 Å².